The fraction of sp³-hybridized carbons (Fsp3) is 0.240. The maximum atomic E-state index is 13.9. The molecule has 1 aromatic heterocycles. The molecule has 180 valence electrons. The number of halogens is 1. The highest BCUT2D eigenvalue weighted by Crippen LogP contribution is 2.32. The van der Waals surface area contributed by atoms with Gasteiger partial charge < -0.3 is 5.32 Å². The first-order chi connectivity index (χ1) is 16.8. The second-order valence-electron chi connectivity index (χ2n) is 8.39. The molecule has 0 bridgehead atoms. The molecular formula is C25H23FN4O4S. The molecule has 35 heavy (non-hydrogen) atoms. The predicted octanol–water partition coefficient (Wildman–Crippen LogP) is 3.66. The van der Waals surface area contributed by atoms with E-state index in [2.05, 4.69) is 10.4 Å². The average molecular weight is 495 g/mol. The van der Waals surface area contributed by atoms with Gasteiger partial charge in [-0.05, 0) is 35.9 Å². The second-order valence-corrected chi connectivity index (χ2v) is 9.38. The number of amides is 3. The third kappa shape index (κ3) is 5.17. The molecule has 0 atom stereocenters. The fourth-order valence-electron chi connectivity index (χ4n) is 3.66. The third-order valence-electron chi connectivity index (χ3n) is 5.31. The van der Waals surface area contributed by atoms with Crippen molar-refractivity contribution in [1.82, 2.24) is 20.0 Å². The zero-order valence-electron chi connectivity index (χ0n) is 19.2. The van der Waals surface area contributed by atoms with E-state index in [1.165, 1.54) is 29.0 Å². The first-order valence-electron chi connectivity index (χ1n) is 11.0. The van der Waals surface area contributed by atoms with Crippen molar-refractivity contribution in [3.8, 4) is 0 Å². The minimum Gasteiger partial charge on any atom is -0.349 e. The lowest BCUT2D eigenvalue weighted by Gasteiger charge is -2.14. The van der Waals surface area contributed by atoms with E-state index in [0.29, 0.717) is 17.3 Å². The van der Waals surface area contributed by atoms with Crippen LogP contribution in [0.25, 0.3) is 16.8 Å². The smallest absolute Gasteiger partial charge is 0.293 e. The van der Waals surface area contributed by atoms with Crippen LogP contribution in [0.5, 0.6) is 0 Å². The number of hydrogen-bond acceptors (Lipinski definition) is 6. The number of carbonyl (C=O) groups is 3. The zero-order valence-corrected chi connectivity index (χ0v) is 20.0. The Morgan fingerprint density at radius 3 is 2.49 bits per heavy atom. The van der Waals surface area contributed by atoms with Crippen LogP contribution in [0.15, 0.2) is 58.2 Å². The van der Waals surface area contributed by atoms with E-state index in [1.807, 2.05) is 13.8 Å². The van der Waals surface area contributed by atoms with Gasteiger partial charge in [-0.25, -0.2) is 9.07 Å². The first-order valence-corrected chi connectivity index (χ1v) is 11.9. The van der Waals surface area contributed by atoms with E-state index in [9.17, 15) is 23.6 Å². The second kappa shape index (κ2) is 10.2. The van der Waals surface area contributed by atoms with E-state index in [4.69, 9.17) is 0 Å². The Balaban J connectivity index is 1.48. The maximum Gasteiger partial charge on any atom is 0.293 e. The van der Waals surface area contributed by atoms with Gasteiger partial charge in [-0.3, -0.25) is 24.1 Å². The normalized spacial score (nSPS) is 15.0. The monoisotopic (exact) mass is 494 g/mol. The molecule has 0 saturated carbocycles. The Hall–Kier alpha value is -3.79. The summed E-state index contributed by atoms with van der Waals surface area (Å²) in [4.78, 5) is 51.8. The van der Waals surface area contributed by atoms with Gasteiger partial charge >= 0.3 is 0 Å². The summed E-state index contributed by atoms with van der Waals surface area (Å²) in [6, 6.07) is 12.7. The molecule has 0 radical (unpaired) electrons. The van der Waals surface area contributed by atoms with E-state index in [-0.39, 0.29) is 40.7 Å². The number of nitrogens with one attached hydrogen (secondary N) is 1. The largest absolute Gasteiger partial charge is 0.349 e. The van der Waals surface area contributed by atoms with Crippen molar-refractivity contribution in [2.24, 2.45) is 5.92 Å². The maximum absolute atomic E-state index is 13.9. The molecule has 2 heterocycles. The molecule has 0 aliphatic carbocycles. The summed E-state index contributed by atoms with van der Waals surface area (Å²) in [6.45, 7) is 4.17. The number of aromatic nitrogens is 2. The van der Waals surface area contributed by atoms with Gasteiger partial charge in [0.1, 0.15) is 5.82 Å². The minimum atomic E-state index is -0.549. The minimum absolute atomic E-state index is 0.0107. The van der Waals surface area contributed by atoms with E-state index < -0.39 is 22.9 Å². The first kappa shape index (κ1) is 24.3. The zero-order chi connectivity index (χ0) is 25.1. The highest BCUT2D eigenvalue weighted by molar-refractivity contribution is 8.18. The van der Waals surface area contributed by atoms with Crippen molar-refractivity contribution in [3.05, 3.63) is 80.9 Å². The van der Waals surface area contributed by atoms with Gasteiger partial charge in [0.25, 0.3) is 22.6 Å². The quantitative estimate of drug-likeness (QED) is 0.503. The van der Waals surface area contributed by atoms with Gasteiger partial charge in [0.15, 0.2) is 5.69 Å². The Morgan fingerprint density at radius 1 is 1.09 bits per heavy atom. The number of rotatable bonds is 7. The SMILES string of the molecule is CC(C)Cn1nc(C(=O)NCCN2C(=O)S/C(=C/c3ccccc3F)C2=O)c2ccccc2c1=O. The number of imide groups is 1. The van der Waals surface area contributed by atoms with Gasteiger partial charge in [-0.2, -0.15) is 5.10 Å². The summed E-state index contributed by atoms with van der Waals surface area (Å²) >= 11 is 0.720. The van der Waals surface area contributed by atoms with Crippen molar-refractivity contribution < 1.29 is 18.8 Å². The summed E-state index contributed by atoms with van der Waals surface area (Å²) in [6.07, 6.45) is 1.34. The van der Waals surface area contributed by atoms with Crippen LogP contribution in [0.3, 0.4) is 0 Å². The highest BCUT2D eigenvalue weighted by Gasteiger charge is 2.35. The predicted molar refractivity (Wildman–Crippen MR) is 132 cm³/mol. The van der Waals surface area contributed by atoms with Crippen molar-refractivity contribution in [1.29, 1.82) is 0 Å². The fourth-order valence-corrected chi connectivity index (χ4v) is 4.52. The molecule has 4 rings (SSSR count). The Kier molecular flexibility index (Phi) is 7.11. The Morgan fingerprint density at radius 2 is 1.77 bits per heavy atom. The van der Waals surface area contributed by atoms with Crippen LogP contribution in [-0.2, 0) is 11.3 Å². The number of nitrogens with zero attached hydrogens (tertiary/aromatic N) is 3. The van der Waals surface area contributed by atoms with Gasteiger partial charge in [0, 0.05) is 30.6 Å². The van der Waals surface area contributed by atoms with Gasteiger partial charge in [-0.15, -0.1) is 0 Å². The molecule has 2 aromatic carbocycles. The molecule has 1 aliphatic heterocycles. The molecule has 1 fully saturated rings. The molecule has 0 spiro atoms. The standard InChI is InChI=1S/C25H23FN4O4S/c1-15(2)14-30-23(32)18-9-5-4-8-17(18)21(28-30)22(31)27-11-12-29-24(33)20(35-25(29)34)13-16-7-3-6-10-19(16)26/h3-10,13,15H,11-12,14H2,1-2H3,(H,27,31)/b20-13+. The van der Waals surface area contributed by atoms with Gasteiger partial charge in [0.2, 0.25) is 0 Å². The number of benzene rings is 2. The van der Waals surface area contributed by atoms with Crippen LogP contribution in [0, 0.1) is 11.7 Å². The van der Waals surface area contributed by atoms with Crippen LogP contribution in [0.4, 0.5) is 9.18 Å². The molecule has 0 unspecified atom stereocenters. The van der Waals surface area contributed by atoms with Crippen molar-refractivity contribution in [3.63, 3.8) is 0 Å². The lowest BCUT2D eigenvalue weighted by atomic mass is 10.1. The lowest BCUT2D eigenvalue weighted by molar-refractivity contribution is -0.122. The number of hydrogen-bond donors (Lipinski definition) is 1. The molecule has 3 amide bonds. The van der Waals surface area contributed by atoms with Gasteiger partial charge in [-0.1, -0.05) is 50.2 Å². The molecule has 1 N–H and O–H groups in total. The van der Waals surface area contributed by atoms with Crippen LogP contribution in [-0.4, -0.2) is 44.8 Å². The summed E-state index contributed by atoms with van der Waals surface area (Å²) in [7, 11) is 0. The van der Waals surface area contributed by atoms with Crippen molar-refractivity contribution >= 4 is 45.7 Å². The lowest BCUT2D eigenvalue weighted by Crippen LogP contribution is -2.38. The molecule has 3 aromatic rings. The van der Waals surface area contributed by atoms with E-state index >= 15 is 0 Å². The van der Waals surface area contributed by atoms with Crippen LogP contribution >= 0.6 is 11.8 Å². The van der Waals surface area contributed by atoms with Crippen LogP contribution in [0.1, 0.15) is 29.9 Å². The molecule has 1 saturated heterocycles. The van der Waals surface area contributed by atoms with E-state index in [1.54, 1.807) is 30.3 Å². The summed E-state index contributed by atoms with van der Waals surface area (Å²) in [5.41, 5.74) is 0.0283. The molecule has 8 nitrogen and oxygen atoms in total. The van der Waals surface area contributed by atoms with E-state index in [0.717, 1.165) is 16.7 Å². The van der Waals surface area contributed by atoms with Crippen LogP contribution in [0.2, 0.25) is 0 Å². The summed E-state index contributed by atoms with van der Waals surface area (Å²) in [5.74, 6) is -1.42. The Bertz CT molecular complexity index is 1420. The molecule has 1 aliphatic rings. The number of thioether (sulfide) groups is 1. The molecule has 10 heteroatoms. The number of fused-ring (bicyclic) bond motifs is 1. The summed E-state index contributed by atoms with van der Waals surface area (Å²) in [5, 5.41) is 7.28. The van der Waals surface area contributed by atoms with Crippen LogP contribution < -0.4 is 10.9 Å². The van der Waals surface area contributed by atoms with Crippen molar-refractivity contribution in [2.45, 2.75) is 20.4 Å². The third-order valence-corrected chi connectivity index (χ3v) is 6.21. The average Bonchev–Trinajstić information content (AvgIpc) is 3.09. The highest BCUT2D eigenvalue weighted by atomic mass is 32.2. The number of carbonyl (C=O) groups excluding carboxylic acids is 3. The molecular weight excluding hydrogens is 471 g/mol. The van der Waals surface area contributed by atoms with Gasteiger partial charge in [0.05, 0.1) is 10.3 Å². The Labute approximate surface area is 204 Å². The van der Waals surface area contributed by atoms with Crippen molar-refractivity contribution in [2.75, 3.05) is 13.1 Å². The topological polar surface area (TPSA) is 101 Å². The summed E-state index contributed by atoms with van der Waals surface area (Å²) < 4.78 is 15.2.